The third-order valence-corrected chi connectivity index (χ3v) is 6.05. The maximum absolute atomic E-state index is 13.2. The average Bonchev–Trinajstić information content (AvgIpc) is 3.62. The molecular weight excluding hydrogens is 440 g/mol. The van der Waals surface area contributed by atoms with Gasteiger partial charge in [-0.15, -0.1) is 0 Å². The molecule has 34 heavy (non-hydrogen) atoms. The lowest BCUT2D eigenvalue weighted by Gasteiger charge is -2.25. The van der Waals surface area contributed by atoms with Crippen molar-refractivity contribution in [2.75, 3.05) is 25.1 Å². The molecule has 5 rings (SSSR count). The average molecular weight is 464 g/mol. The zero-order valence-electron chi connectivity index (χ0n) is 18.6. The minimum atomic E-state index is -1.37. The van der Waals surface area contributed by atoms with E-state index in [1.807, 2.05) is 0 Å². The molecule has 0 spiro atoms. The van der Waals surface area contributed by atoms with E-state index in [2.05, 4.69) is 16.0 Å². The van der Waals surface area contributed by atoms with Crippen LogP contribution < -0.4 is 25.4 Å². The number of hydrogen-bond donors (Lipinski definition) is 3. The van der Waals surface area contributed by atoms with Gasteiger partial charge in [0.1, 0.15) is 25.3 Å². The van der Waals surface area contributed by atoms with E-state index in [-0.39, 0.29) is 11.9 Å². The molecule has 0 bridgehead atoms. The normalized spacial score (nSPS) is 21.1. The van der Waals surface area contributed by atoms with Crippen LogP contribution in [0, 0.1) is 0 Å². The maximum Gasteiger partial charge on any atom is 0.325 e. The van der Waals surface area contributed by atoms with Crippen LogP contribution >= 0.6 is 0 Å². The van der Waals surface area contributed by atoms with Crippen molar-refractivity contribution in [3.05, 3.63) is 53.6 Å². The summed E-state index contributed by atoms with van der Waals surface area (Å²) in [4.78, 5) is 52.0. The third-order valence-electron chi connectivity index (χ3n) is 6.05. The monoisotopic (exact) mass is 464 g/mol. The summed E-state index contributed by atoms with van der Waals surface area (Å²) in [6.45, 7) is 1.91. The molecule has 2 fully saturated rings. The van der Waals surface area contributed by atoms with Crippen molar-refractivity contribution in [2.24, 2.45) is 0 Å². The van der Waals surface area contributed by atoms with Crippen LogP contribution in [0.4, 0.5) is 10.5 Å². The summed E-state index contributed by atoms with van der Waals surface area (Å²) in [6, 6.07) is 11.1. The fraction of sp³-hybridized carbons (Fsp3) is 0.333. The van der Waals surface area contributed by atoms with Crippen LogP contribution in [-0.4, -0.2) is 54.5 Å². The standard InChI is InChI=1S/C24H24N4O6/c1-24(14-6-9-18-19(12-14)34-11-10-33-18)22(31)28(23(32)27-24)13-20(29)26-17-5-3-2-4-16(17)21(30)25-15-7-8-15/h2-6,9,12,15H,7-8,10-11,13H2,1H3,(H,25,30)(H,26,29)(H,27,32). The van der Waals surface area contributed by atoms with Gasteiger partial charge >= 0.3 is 6.03 Å². The van der Waals surface area contributed by atoms with E-state index < -0.39 is 29.9 Å². The van der Waals surface area contributed by atoms with Crippen molar-refractivity contribution in [1.82, 2.24) is 15.5 Å². The summed E-state index contributed by atoms with van der Waals surface area (Å²) in [5.74, 6) is -0.384. The second-order valence-corrected chi connectivity index (χ2v) is 8.65. The van der Waals surface area contributed by atoms with Crippen molar-refractivity contribution >= 4 is 29.4 Å². The Morgan fingerprint density at radius 2 is 1.82 bits per heavy atom. The highest BCUT2D eigenvalue weighted by Crippen LogP contribution is 2.36. The summed E-state index contributed by atoms with van der Waals surface area (Å²) in [5, 5.41) is 8.21. The van der Waals surface area contributed by atoms with Crippen molar-refractivity contribution in [2.45, 2.75) is 31.3 Å². The molecule has 1 atom stereocenters. The van der Waals surface area contributed by atoms with Crippen molar-refractivity contribution in [3.63, 3.8) is 0 Å². The number of amides is 5. The third kappa shape index (κ3) is 4.02. The van der Waals surface area contributed by atoms with E-state index in [1.165, 1.54) is 0 Å². The highest BCUT2D eigenvalue weighted by atomic mass is 16.6. The number of hydrogen-bond acceptors (Lipinski definition) is 6. The van der Waals surface area contributed by atoms with Crippen LogP contribution in [0.3, 0.4) is 0 Å². The molecule has 2 aliphatic heterocycles. The second kappa shape index (κ2) is 8.36. The smallest absolute Gasteiger partial charge is 0.325 e. The van der Waals surface area contributed by atoms with Gasteiger partial charge in [0.2, 0.25) is 5.91 Å². The number of nitrogens with zero attached hydrogens (tertiary/aromatic N) is 1. The SMILES string of the molecule is CC1(c2ccc3c(c2)OCCO3)NC(=O)N(CC(=O)Nc2ccccc2C(=O)NC2CC2)C1=O. The Labute approximate surface area is 195 Å². The van der Waals surface area contributed by atoms with Gasteiger partial charge in [-0.3, -0.25) is 19.3 Å². The first-order valence-electron chi connectivity index (χ1n) is 11.1. The van der Waals surface area contributed by atoms with E-state index in [9.17, 15) is 19.2 Å². The van der Waals surface area contributed by atoms with Gasteiger partial charge in [0, 0.05) is 6.04 Å². The van der Waals surface area contributed by atoms with E-state index in [0.29, 0.717) is 41.5 Å². The Balaban J connectivity index is 1.30. The van der Waals surface area contributed by atoms with E-state index in [0.717, 1.165) is 17.7 Å². The Kier molecular flexibility index (Phi) is 5.35. The lowest BCUT2D eigenvalue weighted by molar-refractivity contribution is -0.133. The predicted molar refractivity (Wildman–Crippen MR) is 121 cm³/mol. The summed E-state index contributed by atoms with van der Waals surface area (Å²) in [5.41, 5.74) is -0.219. The molecule has 2 aromatic rings. The van der Waals surface area contributed by atoms with Gasteiger partial charge in [-0.05, 0) is 49.6 Å². The maximum atomic E-state index is 13.2. The number of urea groups is 1. The lowest BCUT2D eigenvalue weighted by atomic mass is 9.91. The van der Waals surface area contributed by atoms with E-state index >= 15 is 0 Å². The van der Waals surface area contributed by atoms with Crippen LogP contribution in [0.25, 0.3) is 0 Å². The number of carbonyl (C=O) groups is 4. The number of imide groups is 1. The molecular formula is C24H24N4O6. The fourth-order valence-corrected chi connectivity index (χ4v) is 4.00. The number of benzene rings is 2. The van der Waals surface area contributed by atoms with Gasteiger partial charge in [-0.25, -0.2) is 4.79 Å². The topological polar surface area (TPSA) is 126 Å². The van der Waals surface area contributed by atoms with E-state index in [4.69, 9.17) is 9.47 Å². The number of ether oxygens (including phenoxy) is 2. The lowest BCUT2D eigenvalue weighted by Crippen LogP contribution is -2.42. The minimum Gasteiger partial charge on any atom is -0.486 e. The molecule has 5 amide bonds. The first kappa shape index (κ1) is 21.7. The highest BCUT2D eigenvalue weighted by Gasteiger charge is 2.49. The molecule has 3 N–H and O–H groups in total. The zero-order chi connectivity index (χ0) is 23.9. The molecule has 3 aliphatic rings. The van der Waals surface area contributed by atoms with Gasteiger partial charge < -0.3 is 25.4 Å². The van der Waals surface area contributed by atoms with Gasteiger partial charge in [0.05, 0.1) is 11.3 Å². The Hall–Kier alpha value is -4.08. The Morgan fingerprint density at radius 1 is 1.09 bits per heavy atom. The van der Waals surface area contributed by atoms with Crippen molar-refractivity contribution in [3.8, 4) is 11.5 Å². The van der Waals surface area contributed by atoms with Crippen LogP contribution in [-0.2, 0) is 15.1 Å². The molecule has 10 heteroatoms. The fourth-order valence-electron chi connectivity index (χ4n) is 4.00. The molecule has 0 radical (unpaired) electrons. The number of rotatable bonds is 6. The molecule has 1 saturated heterocycles. The van der Waals surface area contributed by atoms with Crippen molar-refractivity contribution < 1.29 is 28.7 Å². The summed E-state index contributed by atoms with van der Waals surface area (Å²) in [6.07, 6.45) is 1.88. The second-order valence-electron chi connectivity index (χ2n) is 8.65. The summed E-state index contributed by atoms with van der Waals surface area (Å²) >= 11 is 0. The highest BCUT2D eigenvalue weighted by molar-refractivity contribution is 6.11. The van der Waals surface area contributed by atoms with Gasteiger partial charge in [-0.1, -0.05) is 18.2 Å². The molecule has 2 heterocycles. The Bertz CT molecular complexity index is 1190. The van der Waals surface area contributed by atoms with Crippen LogP contribution in [0.1, 0.15) is 35.7 Å². The summed E-state index contributed by atoms with van der Waals surface area (Å²) < 4.78 is 11.1. The zero-order valence-corrected chi connectivity index (χ0v) is 18.6. The molecule has 10 nitrogen and oxygen atoms in total. The van der Waals surface area contributed by atoms with Gasteiger partial charge in [0.25, 0.3) is 11.8 Å². The molecule has 2 aromatic carbocycles. The molecule has 176 valence electrons. The number of para-hydroxylation sites is 1. The number of anilines is 1. The minimum absolute atomic E-state index is 0.167. The number of carbonyl (C=O) groups excluding carboxylic acids is 4. The first-order chi connectivity index (χ1) is 16.3. The molecule has 1 aliphatic carbocycles. The van der Waals surface area contributed by atoms with E-state index in [1.54, 1.807) is 49.4 Å². The van der Waals surface area contributed by atoms with Gasteiger partial charge in [-0.2, -0.15) is 0 Å². The Morgan fingerprint density at radius 3 is 2.59 bits per heavy atom. The van der Waals surface area contributed by atoms with Crippen LogP contribution in [0.2, 0.25) is 0 Å². The van der Waals surface area contributed by atoms with Crippen LogP contribution in [0.15, 0.2) is 42.5 Å². The first-order valence-corrected chi connectivity index (χ1v) is 11.1. The molecule has 1 saturated carbocycles. The largest absolute Gasteiger partial charge is 0.486 e. The van der Waals surface area contributed by atoms with Crippen LogP contribution in [0.5, 0.6) is 11.5 Å². The predicted octanol–water partition coefficient (Wildman–Crippen LogP) is 1.76. The quantitative estimate of drug-likeness (QED) is 0.560. The summed E-state index contributed by atoms with van der Waals surface area (Å²) in [7, 11) is 0. The molecule has 1 unspecified atom stereocenters. The number of fused-ring (bicyclic) bond motifs is 1. The van der Waals surface area contributed by atoms with Crippen molar-refractivity contribution in [1.29, 1.82) is 0 Å². The number of nitrogens with one attached hydrogen (secondary N) is 3. The molecule has 0 aromatic heterocycles. The van der Waals surface area contributed by atoms with Gasteiger partial charge in [0.15, 0.2) is 11.5 Å².